The number of anilines is 2. The molecule has 0 spiro atoms. The lowest BCUT2D eigenvalue weighted by molar-refractivity contribution is -0.117. The van der Waals surface area contributed by atoms with Crippen LogP contribution in [0.3, 0.4) is 0 Å². The van der Waals surface area contributed by atoms with Crippen molar-refractivity contribution in [3.8, 4) is 0 Å². The van der Waals surface area contributed by atoms with E-state index < -0.39 is 16.1 Å². The highest BCUT2D eigenvalue weighted by Gasteiger charge is 2.31. The van der Waals surface area contributed by atoms with E-state index >= 15 is 0 Å². The van der Waals surface area contributed by atoms with Crippen LogP contribution in [0.25, 0.3) is 0 Å². The van der Waals surface area contributed by atoms with E-state index in [9.17, 15) is 13.2 Å². The number of benzene rings is 2. The average Bonchev–Trinajstić information content (AvgIpc) is 2.58. The first-order valence-electron chi connectivity index (χ1n) is 8.79. The zero-order chi connectivity index (χ0) is 20.2. The summed E-state index contributed by atoms with van der Waals surface area (Å²) in [6.07, 6.45) is 1.40. The number of sulfonamides is 1. The van der Waals surface area contributed by atoms with E-state index in [1.807, 2.05) is 24.3 Å². The van der Waals surface area contributed by atoms with Crippen molar-refractivity contribution in [2.75, 3.05) is 15.9 Å². The molecule has 0 bridgehead atoms. The van der Waals surface area contributed by atoms with Gasteiger partial charge in [-0.15, -0.1) is 0 Å². The summed E-state index contributed by atoms with van der Waals surface area (Å²) in [6, 6.07) is 13.1. The Labute approximate surface area is 166 Å². The minimum Gasteiger partial charge on any atom is -0.324 e. The Hall–Kier alpha value is -2.05. The van der Waals surface area contributed by atoms with E-state index in [-0.39, 0.29) is 5.91 Å². The highest BCUT2D eigenvalue weighted by atomic mass is 35.5. The summed E-state index contributed by atoms with van der Waals surface area (Å²) in [7, 11) is -3.69. The van der Waals surface area contributed by atoms with Gasteiger partial charge in [0.1, 0.15) is 6.04 Å². The highest BCUT2D eigenvalue weighted by molar-refractivity contribution is 7.92. The first-order chi connectivity index (χ1) is 12.6. The number of rotatable bonds is 7. The van der Waals surface area contributed by atoms with Crippen LogP contribution >= 0.6 is 11.6 Å². The Kier molecular flexibility index (Phi) is 6.89. The van der Waals surface area contributed by atoms with Gasteiger partial charge in [0.05, 0.1) is 11.9 Å². The Bertz CT molecular complexity index is 896. The molecule has 1 N–H and O–H groups in total. The first-order valence-corrected chi connectivity index (χ1v) is 11.0. The standard InChI is InChI=1S/C20H25ClN2O3S/c1-5-19(20(24)22-17-11-9-15(10-12-17)14(2)3)23(27(4,25)26)18-8-6-7-16(21)13-18/h6-14,19H,5H2,1-4H3,(H,22,24)/t19-/m0/s1. The van der Waals surface area contributed by atoms with Crippen molar-refractivity contribution in [2.45, 2.75) is 39.2 Å². The predicted molar refractivity (Wildman–Crippen MR) is 112 cm³/mol. The quantitative estimate of drug-likeness (QED) is 0.725. The van der Waals surface area contributed by atoms with Crippen LogP contribution in [0.1, 0.15) is 38.7 Å². The molecule has 1 atom stereocenters. The molecule has 2 aromatic carbocycles. The number of halogens is 1. The van der Waals surface area contributed by atoms with Gasteiger partial charge in [0, 0.05) is 10.7 Å². The Morgan fingerprint density at radius 1 is 1.15 bits per heavy atom. The topological polar surface area (TPSA) is 66.5 Å². The minimum absolute atomic E-state index is 0.315. The maximum Gasteiger partial charge on any atom is 0.248 e. The molecule has 7 heteroatoms. The van der Waals surface area contributed by atoms with E-state index in [0.717, 1.165) is 16.1 Å². The van der Waals surface area contributed by atoms with Gasteiger partial charge >= 0.3 is 0 Å². The van der Waals surface area contributed by atoms with Crippen LogP contribution in [0.5, 0.6) is 0 Å². The molecule has 0 radical (unpaired) electrons. The zero-order valence-electron chi connectivity index (χ0n) is 15.9. The number of nitrogens with zero attached hydrogens (tertiary/aromatic N) is 1. The Morgan fingerprint density at radius 3 is 2.26 bits per heavy atom. The molecule has 0 aliphatic carbocycles. The van der Waals surface area contributed by atoms with Crippen LogP contribution < -0.4 is 9.62 Å². The van der Waals surface area contributed by atoms with Crippen molar-refractivity contribution in [2.24, 2.45) is 0 Å². The number of nitrogens with one attached hydrogen (secondary N) is 1. The lowest BCUT2D eigenvalue weighted by atomic mass is 10.0. The monoisotopic (exact) mass is 408 g/mol. The molecule has 0 unspecified atom stereocenters. The maximum atomic E-state index is 12.9. The largest absolute Gasteiger partial charge is 0.324 e. The molecule has 1 amide bonds. The second-order valence-electron chi connectivity index (χ2n) is 6.73. The fourth-order valence-corrected chi connectivity index (χ4v) is 4.24. The summed E-state index contributed by atoms with van der Waals surface area (Å²) in [4.78, 5) is 12.9. The molecule has 0 saturated heterocycles. The van der Waals surface area contributed by atoms with Gasteiger partial charge in [-0.2, -0.15) is 0 Å². The third-order valence-electron chi connectivity index (χ3n) is 4.24. The zero-order valence-corrected chi connectivity index (χ0v) is 17.5. The van der Waals surface area contributed by atoms with Crippen molar-refractivity contribution in [1.82, 2.24) is 0 Å². The molecule has 0 aliphatic rings. The summed E-state index contributed by atoms with van der Waals surface area (Å²) in [6.45, 7) is 5.96. The number of hydrogen-bond donors (Lipinski definition) is 1. The van der Waals surface area contributed by atoms with Gasteiger partial charge in [-0.25, -0.2) is 8.42 Å². The predicted octanol–water partition coefficient (Wildman–Crippen LogP) is 4.65. The number of carbonyl (C=O) groups is 1. The fourth-order valence-electron chi connectivity index (χ4n) is 2.85. The van der Waals surface area contributed by atoms with Crippen LogP contribution in [0.4, 0.5) is 11.4 Å². The lowest BCUT2D eigenvalue weighted by Gasteiger charge is -2.30. The van der Waals surface area contributed by atoms with Gasteiger partial charge in [-0.05, 0) is 48.2 Å². The van der Waals surface area contributed by atoms with Gasteiger partial charge in [-0.1, -0.05) is 50.6 Å². The normalized spacial score (nSPS) is 12.7. The molecule has 5 nitrogen and oxygen atoms in total. The van der Waals surface area contributed by atoms with Gasteiger partial charge in [0.15, 0.2) is 0 Å². The van der Waals surface area contributed by atoms with Crippen LogP contribution in [0.2, 0.25) is 5.02 Å². The van der Waals surface area contributed by atoms with Crippen LogP contribution in [-0.2, 0) is 14.8 Å². The maximum absolute atomic E-state index is 12.9. The van der Waals surface area contributed by atoms with Gasteiger partial charge in [-0.3, -0.25) is 9.10 Å². The van der Waals surface area contributed by atoms with E-state index in [2.05, 4.69) is 19.2 Å². The van der Waals surface area contributed by atoms with Gasteiger partial charge < -0.3 is 5.32 Å². The molecule has 0 fully saturated rings. The van der Waals surface area contributed by atoms with Gasteiger partial charge in [0.25, 0.3) is 0 Å². The molecular formula is C20H25ClN2O3S. The number of carbonyl (C=O) groups excluding carboxylic acids is 1. The van der Waals surface area contributed by atoms with Crippen LogP contribution in [-0.4, -0.2) is 26.6 Å². The molecule has 146 valence electrons. The lowest BCUT2D eigenvalue weighted by Crippen LogP contribution is -2.47. The minimum atomic E-state index is -3.69. The third kappa shape index (κ3) is 5.47. The molecule has 0 heterocycles. The third-order valence-corrected chi connectivity index (χ3v) is 5.65. The van der Waals surface area contributed by atoms with Crippen molar-refractivity contribution < 1.29 is 13.2 Å². The van der Waals surface area contributed by atoms with E-state index in [4.69, 9.17) is 11.6 Å². The second kappa shape index (κ2) is 8.76. The molecule has 2 rings (SSSR count). The van der Waals surface area contributed by atoms with E-state index in [1.165, 1.54) is 6.07 Å². The van der Waals surface area contributed by atoms with Crippen LogP contribution in [0.15, 0.2) is 48.5 Å². The summed E-state index contributed by atoms with van der Waals surface area (Å²) in [5.74, 6) is 0.00175. The summed E-state index contributed by atoms with van der Waals surface area (Å²) in [5.41, 5.74) is 2.15. The fraction of sp³-hybridized carbons (Fsp3) is 0.350. The number of hydrogen-bond acceptors (Lipinski definition) is 3. The SMILES string of the molecule is CC[C@@H](C(=O)Nc1ccc(C(C)C)cc1)N(c1cccc(Cl)c1)S(C)(=O)=O. The Morgan fingerprint density at radius 2 is 1.78 bits per heavy atom. The van der Waals surface area contributed by atoms with Crippen molar-refractivity contribution >= 4 is 38.9 Å². The second-order valence-corrected chi connectivity index (χ2v) is 9.02. The molecule has 2 aromatic rings. The molecule has 0 saturated carbocycles. The molecule has 27 heavy (non-hydrogen) atoms. The van der Waals surface area contributed by atoms with E-state index in [0.29, 0.717) is 28.7 Å². The van der Waals surface area contributed by atoms with Gasteiger partial charge in [0.2, 0.25) is 15.9 Å². The van der Waals surface area contributed by atoms with Crippen LogP contribution in [0, 0.1) is 0 Å². The molecule has 0 aromatic heterocycles. The highest BCUT2D eigenvalue weighted by Crippen LogP contribution is 2.26. The number of amides is 1. The van der Waals surface area contributed by atoms with Crippen molar-refractivity contribution in [1.29, 1.82) is 0 Å². The summed E-state index contributed by atoms with van der Waals surface area (Å²) in [5, 5.41) is 3.22. The first kappa shape index (κ1) is 21.3. The van der Waals surface area contributed by atoms with Crippen molar-refractivity contribution in [3.63, 3.8) is 0 Å². The Balaban J connectivity index is 2.31. The average molecular weight is 409 g/mol. The van der Waals surface area contributed by atoms with Crippen molar-refractivity contribution in [3.05, 3.63) is 59.1 Å². The summed E-state index contributed by atoms with van der Waals surface area (Å²) >= 11 is 6.01. The summed E-state index contributed by atoms with van der Waals surface area (Å²) < 4.78 is 26.0. The molecule has 0 aliphatic heterocycles. The van der Waals surface area contributed by atoms with E-state index in [1.54, 1.807) is 25.1 Å². The smallest absolute Gasteiger partial charge is 0.248 e. The molecular weight excluding hydrogens is 384 g/mol.